The van der Waals surface area contributed by atoms with Crippen LogP contribution in [0.4, 0.5) is 0 Å². The molecule has 26 heavy (non-hydrogen) atoms. The van der Waals surface area contributed by atoms with Gasteiger partial charge in [0.25, 0.3) is 0 Å². The molecule has 2 rings (SSSR count). The number of benzene rings is 2. The molecule has 0 heterocycles. The molecule has 0 aliphatic carbocycles. The first-order chi connectivity index (χ1) is 12.6. The molecule has 0 unspecified atom stereocenters. The van der Waals surface area contributed by atoms with Gasteiger partial charge >= 0.3 is 5.97 Å². The van der Waals surface area contributed by atoms with Crippen molar-refractivity contribution in [1.29, 1.82) is 5.26 Å². The van der Waals surface area contributed by atoms with Crippen LogP contribution in [0.2, 0.25) is 0 Å². The first-order valence-electron chi connectivity index (χ1n) is 7.91. The molecule has 0 saturated heterocycles. The van der Waals surface area contributed by atoms with Gasteiger partial charge in [0.2, 0.25) is 0 Å². The average molecular weight is 416 g/mol. The van der Waals surface area contributed by atoms with E-state index in [1.165, 1.54) is 6.08 Å². The topological polar surface area (TPSA) is 68.5 Å². The lowest BCUT2D eigenvalue weighted by atomic mass is 10.1. The van der Waals surface area contributed by atoms with E-state index in [0.717, 1.165) is 10.2 Å². The number of nitrogens with zero attached hydrogens (tertiary/aromatic N) is 1. The molecule has 0 saturated carbocycles. The van der Waals surface area contributed by atoms with Crippen molar-refractivity contribution in [1.82, 2.24) is 0 Å². The van der Waals surface area contributed by atoms with Crippen molar-refractivity contribution in [2.24, 2.45) is 0 Å². The standard InChI is InChI=1S/C20H18BrNO4/c1-3-25-18-7-4-14(5-8-18)10-15(12-22)20(23)26-13-16-11-17(21)6-9-19(16)24-2/h4-11H,3,13H2,1-2H3/b15-10+. The highest BCUT2D eigenvalue weighted by molar-refractivity contribution is 9.10. The molecule has 0 N–H and O–H groups in total. The molecule has 0 fully saturated rings. The molecular weight excluding hydrogens is 398 g/mol. The minimum atomic E-state index is -0.691. The maximum Gasteiger partial charge on any atom is 0.349 e. The van der Waals surface area contributed by atoms with Crippen LogP contribution in [0, 0.1) is 11.3 Å². The highest BCUT2D eigenvalue weighted by Crippen LogP contribution is 2.24. The van der Waals surface area contributed by atoms with Gasteiger partial charge in [-0.3, -0.25) is 0 Å². The van der Waals surface area contributed by atoms with Crippen molar-refractivity contribution in [3.8, 4) is 17.6 Å². The van der Waals surface area contributed by atoms with Gasteiger partial charge in [0.05, 0.1) is 13.7 Å². The lowest BCUT2D eigenvalue weighted by Gasteiger charge is -2.09. The van der Waals surface area contributed by atoms with Crippen molar-refractivity contribution in [3.05, 3.63) is 63.6 Å². The van der Waals surface area contributed by atoms with E-state index in [4.69, 9.17) is 14.2 Å². The Morgan fingerprint density at radius 3 is 2.58 bits per heavy atom. The lowest BCUT2D eigenvalue weighted by Crippen LogP contribution is -2.07. The van der Waals surface area contributed by atoms with Crippen LogP contribution in [0.15, 0.2) is 52.5 Å². The molecule has 0 radical (unpaired) electrons. The van der Waals surface area contributed by atoms with Gasteiger partial charge in [-0.1, -0.05) is 28.1 Å². The fourth-order valence-corrected chi connectivity index (χ4v) is 2.62. The first kappa shape index (κ1) is 19.5. The van der Waals surface area contributed by atoms with Crippen LogP contribution in [-0.2, 0) is 16.1 Å². The molecule has 134 valence electrons. The molecule has 2 aromatic carbocycles. The second-order valence-electron chi connectivity index (χ2n) is 5.20. The summed E-state index contributed by atoms with van der Waals surface area (Å²) in [5.41, 5.74) is 1.33. The Bertz CT molecular complexity index is 838. The lowest BCUT2D eigenvalue weighted by molar-refractivity contribution is -0.139. The maximum absolute atomic E-state index is 12.2. The summed E-state index contributed by atoms with van der Waals surface area (Å²) < 4.78 is 16.7. The Hall–Kier alpha value is -2.78. The second kappa shape index (κ2) is 9.64. The summed E-state index contributed by atoms with van der Waals surface area (Å²) in [6.45, 7) is 2.48. The fraction of sp³-hybridized carbons (Fsp3) is 0.200. The minimum Gasteiger partial charge on any atom is -0.496 e. The number of esters is 1. The summed E-state index contributed by atoms with van der Waals surface area (Å²) >= 11 is 3.37. The van der Waals surface area contributed by atoms with Crippen LogP contribution < -0.4 is 9.47 Å². The van der Waals surface area contributed by atoms with E-state index in [1.807, 2.05) is 19.1 Å². The Morgan fingerprint density at radius 2 is 1.96 bits per heavy atom. The maximum atomic E-state index is 12.2. The summed E-state index contributed by atoms with van der Waals surface area (Å²) in [4.78, 5) is 12.2. The van der Waals surface area contributed by atoms with Crippen LogP contribution in [0.3, 0.4) is 0 Å². The van der Waals surface area contributed by atoms with E-state index in [-0.39, 0.29) is 12.2 Å². The number of carbonyl (C=O) groups excluding carboxylic acids is 1. The number of carbonyl (C=O) groups is 1. The quantitative estimate of drug-likeness (QED) is 0.378. The molecule has 0 aliphatic heterocycles. The molecular formula is C20H18BrNO4. The predicted octanol–water partition coefficient (Wildman–Crippen LogP) is 4.51. The van der Waals surface area contributed by atoms with Gasteiger partial charge in [-0.05, 0) is 48.9 Å². The van der Waals surface area contributed by atoms with Crippen LogP contribution in [0.25, 0.3) is 6.08 Å². The monoisotopic (exact) mass is 415 g/mol. The van der Waals surface area contributed by atoms with Crippen LogP contribution in [0.5, 0.6) is 11.5 Å². The molecule has 0 aliphatic rings. The third-order valence-corrected chi connectivity index (χ3v) is 3.94. The fourth-order valence-electron chi connectivity index (χ4n) is 2.21. The molecule has 2 aromatic rings. The van der Waals surface area contributed by atoms with Crippen LogP contribution in [0.1, 0.15) is 18.1 Å². The Morgan fingerprint density at radius 1 is 1.23 bits per heavy atom. The molecule has 0 atom stereocenters. The number of rotatable bonds is 7. The predicted molar refractivity (Wildman–Crippen MR) is 102 cm³/mol. The Balaban J connectivity index is 2.09. The van der Waals surface area contributed by atoms with Crippen molar-refractivity contribution in [3.63, 3.8) is 0 Å². The number of ether oxygens (including phenoxy) is 3. The minimum absolute atomic E-state index is 0.00371. The van der Waals surface area contributed by atoms with Crippen LogP contribution >= 0.6 is 15.9 Å². The summed E-state index contributed by atoms with van der Waals surface area (Å²) in [7, 11) is 1.54. The molecule has 5 nitrogen and oxygen atoms in total. The molecule has 0 bridgehead atoms. The van der Waals surface area contributed by atoms with E-state index in [9.17, 15) is 10.1 Å². The van der Waals surface area contributed by atoms with Crippen molar-refractivity contribution >= 4 is 28.0 Å². The van der Waals surface area contributed by atoms with E-state index < -0.39 is 5.97 Å². The van der Waals surface area contributed by atoms with Gasteiger partial charge in [0, 0.05) is 10.0 Å². The number of methoxy groups -OCH3 is 1. The van der Waals surface area contributed by atoms with E-state index >= 15 is 0 Å². The molecule has 0 spiro atoms. The second-order valence-corrected chi connectivity index (χ2v) is 6.12. The third kappa shape index (κ3) is 5.36. The highest BCUT2D eigenvalue weighted by atomic mass is 79.9. The highest BCUT2D eigenvalue weighted by Gasteiger charge is 2.13. The van der Waals surface area contributed by atoms with Crippen molar-refractivity contribution in [2.45, 2.75) is 13.5 Å². The van der Waals surface area contributed by atoms with Gasteiger partial charge in [0.1, 0.15) is 29.7 Å². The summed E-state index contributed by atoms with van der Waals surface area (Å²) in [5, 5.41) is 9.26. The van der Waals surface area contributed by atoms with E-state index in [2.05, 4.69) is 15.9 Å². The van der Waals surface area contributed by atoms with Crippen molar-refractivity contribution in [2.75, 3.05) is 13.7 Å². The summed E-state index contributed by atoms with van der Waals surface area (Å²) in [5.74, 6) is 0.644. The Labute approximate surface area is 160 Å². The summed E-state index contributed by atoms with van der Waals surface area (Å²) in [6.07, 6.45) is 1.48. The number of hydrogen-bond acceptors (Lipinski definition) is 5. The molecule has 6 heteroatoms. The van der Waals surface area contributed by atoms with E-state index in [0.29, 0.717) is 23.5 Å². The zero-order valence-electron chi connectivity index (χ0n) is 14.5. The molecule has 0 aromatic heterocycles. The zero-order valence-corrected chi connectivity index (χ0v) is 16.1. The molecule has 0 amide bonds. The first-order valence-corrected chi connectivity index (χ1v) is 8.71. The summed E-state index contributed by atoms with van der Waals surface area (Å²) in [6, 6.07) is 14.4. The van der Waals surface area contributed by atoms with Gasteiger partial charge < -0.3 is 14.2 Å². The number of nitriles is 1. The van der Waals surface area contributed by atoms with Gasteiger partial charge in [-0.15, -0.1) is 0 Å². The third-order valence-electron chi connectivity index (χ3n) is 3.44. The van der Waals surface area contributed by atoms with Crippen molar-refractivity contribution < 1.29 is 19.0 Å². The number of halogens is 1. The largest absolute Gasteiger partial charge is 0.496 e. The van der Waals surface area contributed by atoms with Gasteiger partial charge in [-0.2, -0.15) is 5.26 Å². The number of hydrogen-bond donors (Lipinski definition) is 0. The van der Waals surface area contributed by atoms with Crippen LogP contribution in [-0.4, -0.2) is 19.7 Å². The van der Waals surface area contributed by atoms with Gasteiger partial charge in [0.15, 0.2) is 0 Å². The average Bonchev–Trinajstić information content (AvgIpc) is 2.65. The van der Waals surface area contributed by atoms with E-state index in [1.54, 1.807) is 43.5 Å². The Kier molecular flexibility index (Phi) is 7.24. The smallest absolute Gasteiger partial charge is 0.349 e. The normalized spacial score (nSPS) is 10.8. The SMILES string of the molecule is CCOc1ccc(/C=C(\C#N)C(=O)OCc2cc(Br)ccc2OC)cc1. The zero-order chi connectivity index (χ0) is 18.9. The van der Waals surface area contributed by atoms with Gasteiger partial charge in [-0.25, -0.2) is 4.79 Å².